The lowest BCUT2D eigenvalue weighted by molar-refractivity contribution is -0.137. The van der Waals surface area contributed by atoms with E-state index < -0.39 is 63.7 Å². The van der Waals surface area contributed by atoms with Crippen LogP contribution in [0.2, 0.25) is 0 Å². The van der Waals surface area contributed by atoms with Crippen LogP contribution in [0.25, 0.3) is 0 Å². The van der Waals surface area contributed by atoms with Gasteiger partial charge in [0, 0.05) is 5.56 Å². The van der Waals surface area contributed by atoms with E-state index >= 15 is 0 Å². The van der Waals surface area contributed by atoms with E-state index in [4.69, 9.17) is 5.73 Å². The van der Waals surface area contributed by atoms with E-state index in [2.05, 4.69) is 20.6 Å². The zero-order chi connectivity index (χ0) is 25.0. The largest absolute Gasteiger partial charge is 0.418 e. The molecule has 0 saturated carbocycles. The quantitative estimate of drug-likeness (QED) is 0.233. The van der Waals surface area contributed by atoms with Gasteiger partial charge in [-0.2, -0.15) is 13.2 Å². The second-order valence-corrected chi connectivity index (χ2v) is 7.56. The third-order valence-corrected chi connectivity index (χ3v) is 5.07. The third kappa shape index (κ3) is 5.89. The molecule has 1 heterocycles. The molecule has 0 saturated heterocycles. The van der Waals surface area contributed by atoms with Crippen molar-refractivity contribution in [1.82, 2.24) is 9.97 Å². The Kier molecular flexibility index (Phi) is 7.20. The standard InChI is InChI=1S/C20H14F5N5O3S/c21-11-6-5-9(7-12(11)22)17(32)28-15-16(26)29-19(30-18(15)33)34-8-14(31)27-13-4-2-1-3-10(13)20(23,24)25/h1-7H,8H2,(H,27,31)(H,28,32)(H3,26,29,30,33). The highest BCUT2D eigenvalue weighted by atomic mass is 32.2. The number of hydrogen-bond donors (Lipinski definition) is 4. The molecule has 0 bridgehead atoms. The molecule has 34 heavy (non-hydrogen) atoms. The Morgan fingerprint density at radius 2 is 1.76 bits per heavy atom. The van der Waals surface area contributed by atoms with Gasteiger partial charge in [-0.25, -0.2) is 13.8 Å². The summed E-state index contributed by atoms with van der Waals surface area (Å²) in [6.45, 7) is 0. The molecule has 2 amide bonds. The molecule has 0 aliphatic carbocycles. The van der Waals surface area contributed by atoms with Crippen molar-refractivity contribution < 1.29 is 31.5 Å². The summed E-state index contributed by atoms with van der Waals surface area (Å²) in [4.78, 5) is 42.6. The van der Waals surface area contributed by atoms with Gasteiger partial charge >= 0.3 is 6.18 Å². The SMILES string of the molecule is Nc1nc(SCC(=O)Nc2ccccc2C(F)(F)F)[nH]c(=O)c1NC(=O)c1ccc(F)c(F)c1. The second-order valence-electron chi connectivity index (χ2n) is 6.59. The molecule has 0 unspecified atom stereocenters. The summed E-state index contributed by atoms with van der Waals surface area (Å²) in [5.41, 5.74) is 2.56. The maximum absolute atomic E-state index is 13.3. The molecule has 5 N–H and O–H groups in total. The van der Waals surface area contributed by atoms with Crippen LogP contribution in [0, 0.1) is 11.6 Å². The first-order valence-electron chi connectivity index (χ1n) is 9.20. The van der Waals surface area contributed by atoms with Gasteiger partial charge in [-0.05, 0) is 30.3 Å². The summed E-state index contributed by atoms with van der Waals surface area (Å²) >= 11 is 0.673. The number of carbonyl (C=O) groups excluding carboxylic acids is 2. The van der Waals surface area contributed by atoms with Crippen molar-refractivity contribution in [3.8, 4) is 0 Å². The zero-order valence-electron chi connectivity index (χ0n) is 16.8. The number of nitrogen functional groups attached to an aromatic ring is 1. The maximum Gasteiger partial charge on any atom is 0.418 e. The van der Waals surface area contributed by atoms with Gasteiger partial charge in [-0.3, -0.25) is 19.4 Å². The number of benzene rings is 2. The minimum absolute atomic E-state index is 0.146. The summed E-state index contributed by atoms with van der Waals surface area (Å²) in [5.74, 6) is -5.06. The van der Waals surface area contributed by atoms with Crippen molar-refractivity contribution in [2.45, 2.75) is 11.3 Å². The molecule has 0 atom stereocenters. The number of H-pyrrole nitrogens is 1. The Bertz CT molecular complexity index is 1310. The van der Waals surface area contributed by atoms with E-state index in [9.17, 15) is 36.3 Å². The molecule has 8 nitrogen and oxygen atoms in total. The van der Waals surface area contributed by atoms with Crippen LogP contribution in [0.5, 0.6) is 0 Å². The lowest BCUT2D eigenvalue weighted by atomic mass is 10.1. The first kappa shape index (κ1) is 24.7. The highest BCUT2D eigenvalue weighted by Gasteiger charge is 2.33. The number of thioether (sulfide) groups is 1. The Morgan fingerprint density at radius 3 is 2.41 bits per heavy atom. The van der Waals surface area contributed by atoms with Crippen LogP contribution >= 0.6 is 11.8 Å². The van der Waals surface area contributed by atoms with Crippen molar-refractivity contribution in [3.05, 3.63) is 75.6 Å². The molecule has 3 rings (SSSR count). The van der Waals surface area contributed by atoms with Gasteiger partial charge in [0.15, 0.2) is 22.6 Å². The summed E-state index contributed by atoms with van der Waals surface area (Å²) in [7, 11) is 0. The fourth-order valence-corrected chi connectivity index (χ4v) is 3.31. The zero-order valence-corrected chi connectivity index (χ0v) is 17.6. The first-order valence-corrected chi connectivity index (χ1v) is 10.2. The normalized spacial score (nSPS) is 11.2. The Labute approximate surface area is 191 Å². The minimum Gasteiger partial charge on any atom is -0.382 e. The molecule has 0 fully saturated rings. The smallest absolute Gasteiger partial charge is 0.382 e. The van der Waals surface area contributed by atoms with Crippen LogP contribution in [0.1, 0.15) is 15.9 Å². The number of aromatic nitrogens is 2. The number of nitrogens with two attached hydrogens (primary N) is 1. The van der Waals surface area contributed by atoms with Crippen molar-refractivity contribution in [3.63, 3.8) is 0 Å². The molecular formula is C20H14F5N5O3S. The predicted molar refractivity (Wildman–Crippen MR) is 114 cm³/mol. The number of hydrogen-bond acceptors (Lipinski definition) is 6. The molecule has 3 aromatic rings. The molecular weight excluding hydrogens is 485 g/mol. The average molecular weight is 499 g/mol. The summed E-state index contributed by atoms with van der Waals surface area (Å²) in [6.07, 6.45) is -4.67. The van der Waals surface area contributed by atoms with Crippen LogP contribution in [0.3, 0.4) is 0 Å². The lowest BCUT2D eigenvalue weighted by Gasteiger charge is -2.13. The topological polar surface area (TPSA) is 130 Å². The van der Waals surface area contributed by atoms with Gasteiger partial charge in [-0.1, -0.05) is 23.9 Å². The molecule has 14 heteroatoms. The lowest BCUT2D eigenvalue weighted by Crippen LogP contribution is -2.23. The molecule has 0 spiro atoms. The average Bonchev–Trinajstić information content (AvgIpc) is 2.76. The fourth-order valence-electron chi connectivity index (χ4n) is 2.64. The van der Waals surface area contributed by atoms with E-state index in [0.717, 1.165) is 24.3 Å². The van der Waals surface area contributed by atoms with E-state index in [-0.39, 0.29) is 10.7 Å². The van der Waals surface area contributed by atoms with E-state index in [0.29, 0.717) is 17.8 Å². The van der Waals surface area contributed by atoms with Gasteiger partial charge < -0.3 is 16.4 Å². The van der Waals surface area contributed by atoms with E-state index in [1.54, 1.807) is 0 Å². The summed E-state index contributed by atoms with van der Waals surface area (Å²) in [5, 5.41) is 4.12. The van der Waals surface area contributed by atoms with E-state index in [1.165, 1.54) is 12.1 Å². The summed E-state index contributed by atoms with van der Waals surface area (Å²) < 4.78 is 65.4. The molecule has 1 aromatic heterocycles. The van der Waals surface area contributed by atoms with Gasteiger partial charge in [0.1, 0.15) is 5.69 Å². The number of nitrogens with one attached hydrogen (secondary N) is 3. The molecule has 0 aliphatic heterocycles. The minimum atomic E-state index is -4.67. The molecule has 0 aliphatic rings. The van der Waals surface area contributed by atoms with Crippen LogP contribution in [-0.4, -0.2) is 27.5 Å². The van der Waals surface area contributed by atoms with Gasteiger partial charge in [0.25, 0.3) is 11.5 Å². The van der Waals surface area contributed by atoms with Crippen LogP contribution < -0.4 is 21.9 Å². The number of halogens is 5. The van der Waals surface area contributed by atoms with Gasteiger partial charge in [0.05, 0.1) is 17.0 Å². The highest BCUT2D eigenvalue weighted by molar-refractivity contribution is 7.99. The number of nitrogens with zero attached hydrogens (tertiary/aromatic N) is 1. The third-order valence-electron chi connectivity index (χ3n) is 4.19. The Hall–Kier alpha value is -3.94. The van der Waals surface area contributed by atoms with Crippen LogP contribution in [0.4, 0.5) is 39.1 Å². The van der Waals surface area contributed by atoms with Crippen molar-refractivity contribution in [2.24, 2.45) is 0 Å². The van der Waals surface area contributed by atoms with E-state index in [1.807, 2.05) is 0 Å². The van der Waals surface area contributed by atoms with Crippen molar-refractivity contribution >= 4 is 40.8 Å². The van der Waals surface area contributed by atoms with Crippen molar-refractivity contribution in [1.29, 1.82) is 0 Å². The number of alkyl halides is 3. The Morgan fingerprint density at radius 1 is 1.06 bits per heavy atom. The van der Waals surface area contributed by atoms with Crippen LogP contribution in [-0.2, 0) is 11.0 Å². The molecule has 178 valence electrons. The number of rotatable bonds is 6. The highest BCUT2D eigenvalue weighted by Crippen LogP contribution is 2.34. The Balaban J connectivity index is 1.67. The predicted octanol–water partition coefficient (Wildman–Crippen LogP) is 3.63. The molecule has 0 radical (unpaired) electrons. The number of amides is 2. The number of para-hydroxylation sites is 1. The first-order chi connectivity index (χ1) is 16.0. The van der Waals surface area contributed by atoms with Gasteiger partial charge in [0.2, 0.25) is 5.91 Å². The van der Waals surface area contributed by atoms with Crippen LogP contribution in [0.15, 0.2) is 52.4 Å². The maximum atomic E-state index is 13.3. The monoisotopic (exact) mass is 499 g/mol. The number of carbonyl (C=O) groups is 2. The number of anilines is 3. The number of aromatic amines is 1. The fraction of sp³-hybridized carbons (Fsp3) is 0.100. The second kappa shape index (κ2) is 9.91. The van der Waals surface area contributed by atoms with Crippen molar-refractivity contribution in [2.75, 3.05) is 22.1 Å². The van der Waals surface area contributed by atoms with Gasteiger partial charge in [-0.15, -0.1) is 0 Å². The summed E-state index contributed by atoms with van der Waals surface area (Å²) in [6, 6.07) is 6.76. The molecule has 2 aromatic carbocycles.